The molecule has 0 bridgehead atoms. The van der Waals surface area contributed by atoms with Crippen LogP contribution >= 0.6 is 0 Å². The number of nitrogens with zero attached hydrogens (tertiary/aromatic N) is 2. The Labute approximate surface area is 129 Å². The van der Waals surface area contributed by atoms with Crippen LogP contribution in [0.4, 0.5) is 4.39 Å². The van der Waals surface area contributed by atoms with Gasteiger partial charge in [-0.3, -0.25) is 9.69 Å². The van der Waals surface area contributed by atoms with Crippen molar-refractivity contribution < 1.29 is 4.39 Å². The van der Waals surface area contributed by atoms with Gasteiger partial charge in [-0.1, -0.05) is 26.0 Å². The minimum atomic E-state index is -0.227. The van der Waals surface area contributed by atoms with Crippen molar-refractivity contribution in [1.29, 1.82) is 0 Å². The number of aromatic nitrogens is 2. The Morgan fingerprint density at radius 3 is 2.73 bits per heavy atom. The predicted octanol–water partition coefficient (Wildman–Crippen LogP) is 2.59. The normalized spacial score (nSPS) is 15.1. The van der Waals surface area contributed by atoms with E-state index in [1.54, 1.807) is 12.1 Å². The van der Waals surface area contributed by atoms with Gasteiger partial charge in [0.25, 0.3) is 5.56 Å². The predicted molar refractivity (Wildman–Crippen MR) is 83.2 cm³/mol. The molecule has 0 unspecified atom stereocenters. The molecule has 1 aliphatic heterocycles. The van der Waals surface area contributed by atoms with Gasteiger partial charge in [0, 0.05) is 32.0 Å². The fourth-order valence-corrected chi connectivity index (χ4v) is 2.76. The lowest BCUT2D eigenvalue weighted by atomic mass is 10.0. The van der Waals surface area contributed by atoms with Crippen molar-refractivity contribution in [2.45, 2.75) is 39.3 Å². The summed E-state index contributed by atoms with van der Waals surface area (Å²) in [6.07, 6.45) is 0.778. The van der Waals surface area contributed by atoms with Crippen LogP contribution in [0.2, 0.25) is 0 Å². The molecule has 0 amide bonds. The molecule has 5 heteroatoms. The van der Waals surface area contributed by atoms with Crippen molar-refractivity contribution in [3.63, 3.8) is 0 Å². The van der Waals surface area contributed by atoms with E-state index in [0.29, 0.717) is 13.1 Å². The van der Waals surface area contributed by atoms with Crippen molar-refractivity contribution in [3.8, 4) is 0 Å². The maximum Gasteiger partial charge on any atom is 0.255 e. The zero-order valence-electron chi connectivity index (χ0n) is 12.9. The maximum absolute atomic E-state index is 13.0. The molecule has 2 aromatic rings. The molecule has 0 fully saturated rings. The zero-order chi connectivity index (χ0) is 15.7. The number of aromatic amines is 1. The summed E-state index contributed by atoms with van der Waals surface area (Å²) in [4.78, 5) is 21.9. The van der Waals surface area contributed by atoms with E-state index in [1.807, 2.05) is 13.8 Å². The fraction of sp³-hybridized carbons (Fsp3) is 0.412. The van der Waals surface area contributed by atoms with Gasteiger partial charge in [0.15, 0.2) is 0 Å². The van der Waals surface area contributed by atoms with Gasteiger partial charge in [-0.2, -0.15) is 0 Å². The number of halogens is 1. The third kappa shape index (κ3) is 3.09. The molecule has 2 heterocycles. The van der Waals surface area contributed by atoms with E-state index in [4.69, 9.17) is 0 Å². The Bertz CT molecular complexity index is 722. The molecular weight excluding hydrogens is 281 g/mol. The Kier molecular flexibility index (Phi) is 4.07. The number of benzene rings is 1. The first-order valence-corrected chi connectivity index (χ1v) is 7.61. The van der Waals surface area contributed by atoms with Gasteiger partial charge >= 0.3 is 0 Å². The minimum absolute atomic E-state index is 0.0301. The largest absolute Gasteiger partial charge is 0.310 e. The second-order valence-corrected chi connectivity index (χ2v) is 6.12. The van der Waals surface area contributed by atoms with Crippen LogP contribution in [0.1, 0.15) is 42.4 Å². The smallest absolute Gasteiger partial charge is 0.255 e. The number of nitrogens with one attached hydrogen (secondary N) is 1. The molecule has 0 radical (unpaired) electrons. The second-order valence-electron chi connectivity index (χ2n) is 6.12. The summed E-state index contributed by atoms with van der Waals surface area (Å²) in [5.74, 6) is 0.751. The fourth-order valence-electron chi connectivity index (χ4n) is 2.76. The first kappa shape index (κ1) is 14.9. The van der Waals surface area contributed by atoms with Crippen LogP contribution in [-0.4, -0.2) is 21.4 Å². The minimum Gasteiger partial charge on any atom is -0.310 e. The van der Waals surface area contributed by atoms with Crippen LogP contribution in [0.25, 0.3) is 0 Å². The molecule has 0 saturated heterocycles. The van der Waals surface area contributed by atoms with Gasteiger partial charge in [-0.15, -0.1) is 0 Å². The van der Waals surface area contributed by atoms with Gasteiger partial charge < -0.3 is 4.98 Å². The summed E-state index contributed by atoms with van der Waals surface area (Å²) in [5.41, 5.74) is 2.70. The van der Waals surface area contributed by atoms with Crippen LogP contribution in [0.5, 0.6) is 0 Å². The molecule has 1 aliphatic rings. The quantitative estimate of drug-likeness (QED) is 0.948. The summed E-state index contributed by atoms with van der Waals surface area (Å²) >= 11 is 0. The molecule has 4 nitrogen and oxygen atoms in total. The summed E-state index contributed by atoms with van der Waals surface area (Å²) in [5, 5.41) is 0. The van der Waals surface area contributed by atoms with Crippen LogP contribution in [-0.2, 0) is 19.5 Å². The summed E-state index contributed by atoms with van der Waals surface area (Å²) in [7, 11) is 0. The molecule has 0 saturated carbocycles. The lowest BCUT2D eigenvalue weighted by Crippen LogP contribution is -2.35. The highest BCUT2D eigenvalue weighted by Gasteiger charge is 2.21. The summed E-state index contributed by atoms with van der Waals surface area (Å²) < 4.78 is 13.0. The second kappa shape index (κ2) is 6.01. The van der Waals surface area contributed by atoms with E-state index < -0.39 is 0 Å². The molecule has 116 valence electrons. The third-order valence-electron chi connectivity index (χ3n) is 4.03. The van der Waals surface area contributed by atoms with Gasteiger partial charge in [0.2, 0.25) is 0 Å². The number of fused-ring (bicyclic) bond motifs is 1. The van der Waals surface area contributed by atoms with Crippen molar-refractivity contribution in [2.24, 2.45) is 0 Å². The molecule has 1 aromatic carbocycles. The van der Waals surface area contributed by atoms with Crippen molar-refractivity contribution in [3.05, 3.63) is 63.1 Å². The van der Waals surface area contributed by atoms with Crippen LogP contribution in [0.15, 0.2) is 29.1 Å². The lowest BCUT2D eigenvalue weighted by Gasteiger charge is -2.28. The van der Waals surface area contributed by atoms with E-state index >= 15 is 0 Å². The van der Waals surface area contributed by atoms with E-state index in [-0.39, 0.29) is 17.3 Å². The van der Waals surface area contributed by atoms with Crippen molar-refractivity contribution in [2.75, 3.05) is 6.54 Å². The molecule has 1 N–H and O–H groups in total. The number of hydrogen-bond acceptors (Lipinski definition) is 3. The highest BCUT2D eigenvalue weighted by molar-refractivity contribution is 5.22. The van der Waals surface area contributed by atoms with E-state index in [9.17, 15) is 9.18 Å². The Hall–Kier alpha value is -2.01. The average Bonchev–Trinajstić information content (AvgIpc) is 2.50. The van der Waals surface area contributed by atoms with Crippen molar-refractivity contribution >= 4 is 0 Å². The molecule has 0 atom stereocenters. The first-order valence-electron chi connectivity index (χ1n) is 7.61. The number of hydrogen-bond donors (Lipinski definition) is 1. The van der Waals surface area contributed by atoms with E-state index in [2.05, 4.69) is 14.9 Å². The molecule has 0 aliphatic carbocycles. The van der Waals surface area contributed by atoms with Crippen LogP contribution < -0.4 is 5.56 Å². The standard InChI is InChI=1S/C17H20FN3O/c1-11(2)16-19-15-7-8-21(10-14(15)17(22)20-16)9-12-3-5-13(18)6-4-12/h3-6,11H,7-10H2,1-2H3,(H,19,20,22). The van der Waals surface area contributed by atoms with E-state index in [0.717, 1.165) is 35.6 Å². The van der Waals surface area contributed by atoms with Crippen molar-refractivity contribution in [1.82, 2.24) is 14.9 Å². The molecular formula is C17H20FN3O. The van der Waals surface area contributed by atoms with Gasteiger partial charge in [-0.05, 0) is 17.7 Å². The summed E-state index contributed by atoms with van der Waals surface area (Å²) in [6, 6.07) is 6.51. The maximum atomic E-state index is 13.0. The highest BCUT2D eigenvalue weighted by atomic mass is 19.1. The number of rotatable bonds is 3. The molecule has 1 aromatic heterocycles. The van der Waals surface area contributed by atoms with Gasteiger partial charge in [0.05, 0.1) is 11.3 Å². The molecule has 3 rings (SSSR count). The van der Waals surface area contributed by atoms with Crippen LogP contribution in [0.3, 0.4) is 0 Å². The topological polar surface area (TPSA) is 49.0 Å². The number of H-pyrrole nitrogens is 1. The zero-order valence-corrected chi connectivity index (χ0v) is 12.9. The molecule has 0 spiro atoms. The summed E-state index contributed by atoms with van der Waals surface area (Å²) in [6.45, 7) is 6.21. The average molecular weight is 301 g/mol. The lowest BCUT2D eigenvalue weighted by molar-refractivity contribution is 0.241. The Morgan fingerprint density at radius 2 is 2.05 bits per heavy atom. The highest BCUT2D eigenvalue weighted by Crippen LogP contribution is 2.18. The molecule has 22 heavy (non-hydrogen) atoms. The third-order valence-corrected chi connectivity index (χ3v) is 4.03. The SMILES string of the molecule is CC(C)c1nc2c(c(=O)[nH]1)CN(Cc1ccc(F)cc1)CC2. The van der Waals surface area contributed by atoms with Gasteiger partial charge in [-0.25, -0.2) is 9.37 Å². The monoisotopic (exact) mass is 301 g/mol. The first-order chi connectivity index (χ1) is 10.5. The Balaban J connectivity index is 1.79. The Morgan fingerprint density at radius 1 is 1.32 bits per heavy atom. The van der Waals surface area contributed by atoms with Crippen LogP contribution in [0, 0.1) is 5.82 Å². The van der Waals surface area contributed by atoms with E-state index in [1.165, 1.54) is 12.1 Å². The van der Waals surface area contributed by atoms with Gasteiger partial charge in [0.1, 0.15) is 11.6 Å².